The maximum absolute atomic E-state index is 10.4. The maximum Gasteiger partial charge on any atom is 0.0732 e. The van der Waals surface area contributed by atoms with Crippen LogP contribution in [0.15, 0.2) is 12.1 Å². The summed E-state index contributed by atoms with van der Waals surface area (Å²) in [7, 11) is 0. The van der Waals surface area contributed by atoms with E-state index < -0.39 is 5.60 Å². The number of aryl methyl sites for hydroxylation is 3. The molecule has 1 fully saturated rings. The normalized spacial score (nSPS) is 18.9. The predicted molar refractivity (Wildman–Crippen MR) is 69.4 cm³/mol. The average molecular weight is 234 g/mol. The summed E-state index contributed by atoms with van der Waals surface area (Å²) >= 11 is 0. The van der Waals surface area contributed by atoms with Crippen LogP contribution in [0.4, 0.5) is 0 Å². The lowest BCUT2D eigenvalue weighted by molar-refractivity contribution is -0.157. The van der Waals surface area contributed by atoms with Crippen molar-refractivity contribution in [2.75, 3.05) is 13.2 Å². The first-order valence-electron chi connectivity index (χ1n) is 6.16. The Hall–Kier alpha value is -0.860. The summed E-state index contributed by atoms with van der Waals surface area (Å²) in [5.74, 6) is 0. The first-order chi connectivity index (χ1) is 7.78. The molecule has 2 rings (SSSR count). The van der Waals surface area contributed by atoms with Gasteiger partial charge in [0.1, 0.15) is 0 Å². The molecule has 1 aliphatic rings. The van der Waals surface area contributed by atoms with Crippen molar-refractivity contribution in [2.24, 2.45) is 0 Å². The van der Waals surface area contributed by atoms with Crippen molar-refractivity contribution in [1.82, 2.24) is 0 Å². The predicted octanol–water partition coefficient (Wildman–Crippen LogP) is 2.65. The molecule has 2 heteroatoms. The third-order valence-corrected chi connectivity index (χ3v) is 4.22. The van der Waals surface area contributed by atoms with Gasteiger partial charge in [0.2, 0.25) is 0 Å². The van der Waals surface area contributed by atoms with Gasteiger partial charge in [0.15, 0.2) is 0 Å². The van der Waals surface area contributed by atoms with Crippen molar-refractivity contribution < 1.29 is 9.84 Å². The van der Waals surface area contributed by atoms with Crippen molar-refractivity contribution in [2.45, 2.75) is 45.6 Å². The van der Waals surface area contributed by atoms with Gasteiger partial charge in [-0.25, -0.2) is 0 Å². The lowest BCUT2D eigenvalue weighted by atomic mass is 9.65. The van der Waals surface area contributed by atoms with E-state index in [0.29, 0.717) is 13.2 Å². The lowest BCUT2D eigenvalue weighted by Gasteiger charge is -2.50. The van der Waals surface area contributed by atoms with Gasteiger partial charge in [-0.1, -0.05) is 12.1 Å². The zero-order valence-corrected chi connectivity index (χ0v) is 11.4. The van der Waals surface area contributed by atoms with Crippen LogP contribution in [0.1, 0.15) is 36.1 Å². The van der Waals surface area contributed by atoms with Crippen molar-refractivity contribution >= 4 is 0 Å². The number of ether oxygens (including phenoxy) is 1. The Morgan fingerprint density at radius 1 is 1.06 bits per heavy atom. The van der Waals surface area contributed by atoms with Gasteiger partial charge in [-0.15, -0.1) is 0 Å². The van der Waals surface area contributed by atoms with Crippen molar-refractivity contribution in [3.8, 4) is 0 Å². The van der Waals surface area contributed by atoms with Crippen LogP contribution >= 0.6 is 0 Å². The molecule has 94 valence electrons. The standard InChI is InChI=1S/C15H22O2/c1-10-6-12(3)13(7-11(10)2)15(8-17-9-15)14(4,5)16/h6-7,16H,8-9H2,1-5H3. The first-order valence-corrected chi connectivity index (χ1v) is 6.16. The third-order valence-electron chi connectivity index (χ3n) is 4.22. The molecule has 0 unspecified atom stereocenters. The molecule has 0 aliphatic carbocycles. The Labute approximate surface area is 104 Å². The summed E-state index contributed by atoms with van der Waals surface area (Å²) in [5, 5.41) is 10.4. The molecule has 0 amide bonds. The van der Waals surface area contributed by atoms with Gasteiger partial charge in [-0.05, 0) is 56.9 Å². The van der Waals surface area contributed by atoms with Crippen LogP contribution < -0.4 is 0 Å². The monoisotopic (exact) mass is 234 g/mol. The fraction of sp³-hybridized carbons (Fsp3) is 0.600. The molecule has 0 radical (unpaired) electrons. The van der Waals surface area contributed by atoms with E-state index in [4.69, 9.17) is 4.74 Å². The van der Waals surface area contributed by atoms with E-state index in [0.717, 1.165) is 0 Å². The fourth-order valence-corrected chi connectivity index (χ4v) is 2.62. The van der Waals surface area contributed by atoms with Gasteiger partial charge in [-0.3, -0.25) is 0 Å². The van der Waals surface area contributed by atoms with Crippen LogP contribution in [0.3, 0.4) is 0 Å². The third kappa shape index (κ3) is 1.80. The Kier molecular flexibility index (Phi) is 2.83. The number of aliphatic hydroxyl groups is 1. The van der Waals surface area contributed by atoms with E-state index in [9.17, 15) is 5.11 Å². The fourth-order valence-electron chi connectivity index (χ4n) is 2.62. The zero-order valence-electron chi connectivity index (χ0n) is 11.4. The van der Waals surface area contributed by atoms with Gasteiger partial charge in [-0.2, -0.15) is 0 Å². The smallest absolute Gasteiger partial charge is 0.0732 e. The second kappa shape index (κ2) is 3.82. The van der Waals surface area contributed by atoms with E-state index >= 15 is 0 Å². The summed E-state index contributed by atoms with van der Waals surface area (Å²) in [5.41, 5.74) is 4.07. The number of hydrogen-bond acceptors (Lipinski definition) is 2. The SMILES string of the molecule is Cc1cc(C)c(C2(C(C)(C)O)COC2)cc1C. The van der Waals surface area contributed by atoms with E-state index in [-0.39, 0.29) is 5.41 Å². The molecular formula is C15H22O2. The Bertz CT molecular complexity index is 437. The first kappa shape index (κ1) is 12.6. The second-order valence-corrected chi connectivity index (χ2v) is 5.89. The van der Waals surface area contributed by atoms with Crippen molar-refractivity contribution in [3.05, 3.63) is 34.4 Å². The molecule has 0 spiro atoms. The van der Waals surface area contributed by atoms with Crippen LogP contribution in [0.2, 0.25) is 0 Å². The molecule has 1 heterocycles. The molecule has 0 aromatic heterocycles. The summed E-state index contributed by atoms with van der Waals surface area (Å²) in [6.45, 7) is 11.3. The molecule has 1 aromatic carbocycles. The molecule has 0 bridgehead atoms. The Morgan fingerprint density at radius 2 is 1.59 bits per heavy atom. The minimum Gasteiger partial charge on any atom is -0.389 e. The highest BCUT2D eigenvalue weighted by Crippen LogP contribution is 2.43. The van der Waals surface area contributed by atoms with Gasteiger partial charge in [0.25, 0.3) is 0 Å². The maximum atomic E-state index is 10.4. The second-order valence-electron chi connectivity index (χ2n) is 5.89. The highest BCUT2D eigenvalue weighted by Gasteiger charge is 2.52. The van der Waals surface area contributed by atoms with Gasteiger partial charge in [0, 0.05) is 0 Å². The topological polar surface area (TPSA) is 29.5 Å². The summed E-state index contributed by atoms with van der Waals surface area (Å²) in [4.78, 5) is 0. The van der Waals surface area contributed by atoms with E-state index in [1.165, 1.54) is 22.3 Å². The highest BCUT2D eigenvalue weighted by molar-refractivity contribution is 5.44. The minimum absolute atomic E-state index is 0.241. The van der Waals surface area contributed by atoms with Crippen molar-refractivity contribution in [1.29, 1.82) is 0 Å². The largest absolute Gasteiger partial charge is 0.389 e. The molecule has 1 aromatic rings. The Morgan fingerprint density at radius 3 is 2.00 bits per heavy atom. The highest BCUT2D eigenvalue weighted by atomic mass is 16.5. The molecule has 1 N–H and O–H groups in total. The lowest BCUT2D eigenvalue weighted by Crippen LogP contribution is -2.61. The number of hydrogen-bond donors (Lipinski definition) is 1. The van der Waals surface area contributed by atoms with E-state index in [1.54, 1.807) is 0 Å². The van der Waals surface area contributed by atoms with Crippen molar-refractivity contribution in [3.63, 3.8) is 0 Å². The number of benzene rings is 1. The molecular weight excluding hydrogens is 212 g/mol. The van der Waals surface area contributed by atoms with Gasteiger partial charge < -0.3 is 9.84 Å². The van der Waals surface area contributed by atoms with Crippen LogP contribution in [0.5, 0.6) is 0 Å². The zero-order chi connectivity index (χ0) is 12.8. The number of rotatable bonds is 2. The summed E-state index contributed by atoms with van der Waals surface area (Å²) in [6, 6.07) is 4.42. The van der Waals surface area contributed by atoms with Gasteiger partial charge in [0.05, 0.1) is 24.2 Å². The molecule has 0 atom stereocenters. The van der Waals surface area contributed by atoms with Crippen LogP contribution in [0.25, 0.3) is 0 Å². The van der Waals surface area contributed by atoms with Gasteiger partial charge >= 0.3 is 0 Å². The van der Waals surface area contributed by atoms with Crippen LogP contribution in [0, 0.1) is 20.8 Å². The molecule has 0 saturated carbocycles. The van der Waals surface area contributed by atoms with Crippen LogP contribution in [-0.2, 0) is 10.2 Å². The quantitative estimate of drug-likeness (QED) is 0.852. The minimum atomic E-state index is -0.752. The molecule has 1 aliphatic heterocycles. The van der Waals surface area contributed by atoms with E-state index in [2.05, 4.69) is 32.9 Å². The Balaban J connectivity index is 2.56. The molecule has 17 heavy (non-hydrogen) atoms. The average Bonchev–Trinajstić information content (AvgIpc) is 2.09. The summed E-state index contributed by atoms with van der Waals surface area (Å²) in [6.07, 6.45) is 0. The molecule has 1 saturated heterocycles. The van der Waals surface area contributed by atoms with E-state index in [1.807, 2.05) is 13.8 Å². The van der Waals surface area contributed by atoms with Crippen LogP contribution in [-0.4, -0.2) is 23.9 Å². The summed E-state index contributed by atoms with van der Waals surface area (Å²) < 4.78 is 5.38. The molecule has 2 nitrogen and oxygen atoms in total.